The van der Waals surface area contributed by atoms with Gasteiger partial charge in [0.15, 0.2) is 11.6 Å². The minimum Gasteiger partial charge on any atom is -0.393 e. The number of rotatable bonds is 5. The second-order valence-corrected chi connectivity index (χ2v) is 5.26. The summed E-state index contributed by atoms with van der Waals surface area (Å²) in [5.74, 6) is 1.78. The van der Waals surface area contributed by atoms with Crippen molar-refractivity contribution in [1.82, 2.24) is 9.97 Å². The number of piperidine rings is 1. The molecule has 1 aromatic rings. The highest BCUT2D eigenvalue weighted by Crippen LogP contribution is 2.30. The normalized spacial score (nSPS) is 15.6. The number of unbranched alkanes of at least 4 members (excludes halogenated alkanes) is 1. The van der Waals surface area contributed by atoms with Crippen LogP contribution in [0, 0.1) is 0 Å². The van der Waals surface area contributed by atoms with Crippen molar-refractivity contribution in [2.45, 2.75) is 39.0 Å². The predicted molar refractivity (Wildman–Crippen MR) is 80.7 cm³/mol. The van der Waals surface area contributed by atoms with Crippen LogP contribution in [0.2, 0.25) is 0 Å². The van der Waals surface area contributed by atoms with E-state index in [0.29, 0.717) is 0 Å². The van der Waals surface area contributed by atoms with Crippen molar-refractivity contribution in [2.24, 2.45) is 0 Å². The number of nitrogen functional groups attached to an aromatic ring is 1. The lowest BCUT2D eigenvalue weighted by Crippen LogP contribution is -2.32. The van der Waals surface area contributed by atoms with Crippen LogP contribution in [-0.2, 0) is 0 Å². The van der Waals surface area contributed by atoms with E-state index in [1.165, 1.54) is 25.7 Å². The Kier molecular flexibility index (Phi) is 4.82. The zero-order chi connectivity index (χ0) is 13.7. The molecule has 0 radical (unpaired) electrons. The number of nitrogens with two attached hydrogens (primary N) is 1. The van der Waals surface area contributed by atoms with Gasteiger partial charge in [0, 0.05) is 26.7 Å². The molecule has 1 aromatic heterocycles. The highest BCUT2D eigenvalue weighted by atomic mass is 15.2. The third-order valence-corrected chi connectivity index (χ3v) is 3.71. The Morgan fingerprint density at radius 2 is 2.00 bits per heavy atom. The van der Waals surface area contributed by atoms with Crippen molar-refractivity contribution in [1.29, 1.82) is 0 Å². The van der Waals surface area contributed by atoms with Crippen LogP contribution in [0.3, 0.4) is 0 Å². The van der Waals surface area contributed by atoms with E-state index in [1.807, 2.05) is 7.05 Å². The fourth-order valence-electron chi connectivity index (χ4n) is 2.54. The van der Waals surface area contributed by atoms with Crippen molar-refractivity contribution < 1.29 is 0 Å². The summed E-state index contributed by atoms with van der Waals surface area (Å²) in [4.78, 5) is 13.2. The van der Waals surface area contributed by atoms with Gasteiger partial charge in [0.25, 0.3) is 0 Å². The van der Waals surface area contributed by atoms with Gasteiger partial charge in [-0.2, -0.15) is 0 Å². The van der Waals surface area contributed by atoms with Crippen molar-refractivity contribution in [3.8, 4) is 0 Å². The minimum absolute atomic E-state index is 0.725. The monoisotopic (exact) mass is 263 g/mol. The SMILES string of the molecule is CCCCN(C)c1ncnc(N2CCCCC2)c1N. The molecule has 1 aliphatic heterocycles. The van der Waals surface area contributed by atoms with Gasteiger partial charge in [0.1, 0.15) is 12.0 Å². The van der Waals surface area contributed by atoms with E-state index in [0.717, 1.165) is 43.4 Å². The first-order chi connectivity index (χ1) is 9.24. The Hall–Kier alpha value is -1.52. The fraction of sp³-hybridized carbons (Fsp3) is 0.714. The average molecular weight is 263 g/mol. The number of nitrogens with zero attached hydrogens (tertiary/aromatic N) is 4. The summed E-state index contributed by atoms with van der Waals surface area (Å²) in [6.07, 6.45) is 7.73. The second-order valence-electron chi connectivity index (χ2n) is 5.26. The smallest absolute Gasteiger partial charge is 0.157 e. The lowest BCUT2D eigenvalue weighted by atomic mass is 10.1. The van der Waals surface area contributed by atoms with Crippen LogP contribution in [0.1, 0.15) is 39.0 Å². The molecule has 5 heteroatoms. The molecule has 1 saturated heterocycles. The summed E-state index contributed by atoms with van der Waals surface area (Å²) in [5.41, 5.74) is 7.00. The first kappa shape index (κ1) is 13.9. The lowest BCUT2D eigenvalue weighted by Gasteiger charge is -2.30. The molecule has 106 valence electrons. The molecule has 0 atom stereocenters. The second kappa shape index (κ2) is 6.59. The molecule has 0 amide bonds. The van der Waals surface area contributed by atoms with E-state index in [4.69, 9.17) is 5.73 Å². The van der Waals surface area contributed by atoms with Crippen LogP contribution >= 0.6 is 0 Å². The Bertz CT molecular complexity index is 401. The molecule has 5 nitrogen and oxygen atoms in total. The van der Waals surface area contributed by atoms with Crippen molar-refractivity contribution >= 4 is 17.3 Å². The van der Waals surface area contributed by atoms with Crippen molar-refractivity contribution in [3.05, 3.63) is 6.33 Å². The molecular formula is C14H25N5. The zero-order valence-corrected chi connectivity index (χ0v) is 12.1. The van der Waals surface area contributed by atoms with Crippen LogP contribution in [0.15, 0.2) is 6.33 Å². The maximum absolute atomic E-state index is 6.28. The Morgan fingerprint density at radius 1 is 1.26 bits per heavy atom. The molecule has 0 bridgehead atoms. The average Bonchev–Trinajstić information content (AvgIpc) is 2.46. The molecule has 19 heavy (non-hydrogen) atoms. The number of anilines is 3. The van der Waals surface area contributed by atoms with Gasteiger partial charge in [-0.1, -0.05) is 13.3 Å². The first-order valence-electron chi connectivity index (χ1n) is 7.30. The number of aromatic nitrogens is 2. The van der Waals surface area contributed by atoms with Crippen LogP contribution in [-0.4, -0.2) is 36.6 Å². The molecular weight excluding hydrogens is 238 g/mol. The van der Waals surface area contributed by atoms with Crippen molar-refractivity contribution in [2.75, 3.05) is 42.2 Å². The topological polar surface area (TPSA) is 58.3 Å². The Labute approximate surface area is 115 Å². The van der Waals surface area contributed by atoms with Gasteiger partial charge in [-0.3, -0.25) is 0 Å². The van der Waals surface area contributed by atoms with Crippen LogP contribution < -0.4 is 15.5 Å². The van der Waals surface area contributed by atoms with E-state index < -0.39 is 0 Å². The predicted octanol–water partition coefficient (Wildman–Crippen LogP) is 2.29. The quantitative estimate of drug-likeness (QED) is 0.883. The maximum atomic E-state index is 6.28. The summed E-state index contributed by atoms with van der Waals surface area (Å²) >= 11 is 0. The third kappa shape index (κ3) is 3.28. The van der Waals surface area contributed by atoms with E-state index in [9.17, 15) is 0 Å². The van der Waals surface area contributed by atoms with Gasteiger partial charge in [0.05, 0.1) is 0 Å². The van der Waals surface area contributed by atoms with Gasteiger partial charge < -0.3 is 15.5 Å². The summed E-state index contributed by atoms with van der Waals surface area (Å²) in [6, 6.07) is 0. The van der Waals surface area contributed by atoms with Crippen LogP contribution in [0.5, 0.6) is 0 Å². The maximum Gasteiger partial charge on any atom is 0.157 e. The number of hydrogen-bond acceptors (Lipinski definition) is 5. The molecule has 1 aliphatic rings. The largest absolute Gasteiger partial charge is 0.393 e. The summed E-state index contributed by atoms with van der Waals surface area (Å²) < 4.78 is 0. The van der Waals surface area contributed by atoms with Gasteiger partial charge in [0.2, 0.25) is 0 Å². The molecule has 2 heterocycles. The standard InChI is InChI=1S/C14H25N5/c1-3-4-8-18(2)13-12(15)14(17-11-16-13)19-9-6-5-7-10-19/h11H,3-10,15H2,1-2H3. The first-order valence-corrected chi connectivity index (χ1v) is 7.30. The third-order valence-electron chi connectivity index (χ3n) is 3.71. The minimum atomic E-state index is 0.725. The molecule has 0 spiro atoms. The summed E-state index contributed by atoms with van der Waals surface area (Å²) in [6.45, 7) is 5.28. The van der Waals surface area contributed by atoms with E-state index in [1.54, 1.807) is 6.33 Å². The highest BCUT2D eigenvalue weighted by Gasteiger charge is 2.18. The molecule has 0 aliphatic carbocycles. The van der Waals surface area contributed by atoms with Crippen molar-refractivity contribution in [3.63, 3.8) is 0 Å². The van der Waals surface area contributed by atoms with Gasteiger partial charge in [-0.05, 0) is 25.7 Å². The van der Waals surface area contributed by atoms with Gasteiger partial charge in [-0.25, -0.2) is 9.97 Å². The molecule has 2 N–H and O–H groups in total. The van der Waals surface area contributed by atoms with E-state index in [-0.39, 0.29) is 0 Å². The van der Waals surface area contributed by atoms with Crippen LogP contribution in [0.25, 0.3) is 0 Å². The van der Waals surface area contributed by atoms with E-state index in [2.05, 4.69) is 26.7 Å². The molecule has 0 unspecified atom stereocenters. The van der Waals surface area contributed by atoms with Gasteiger partial charge >= 0.3 is 0 Å². The van der Waals surface area contributed by atoms with Crippen LogP contribution in [0.4, 0.5) is 17.3 Å². The summed E-state index contributed by atoms with van der Waals surface area (Å²) in [5, 5.41) is 0. The highest BCUT2D eigenvalue weighted by molar-refractivity contribution is 5.75. The van der Waals surface area contributed by atoms with Gasteiger partial charge in [-0.15, -0.1) is 0 Å². The molecule has 1 fully saturated rings. The lowest BCUT2D eigenvalue weighted by molar-refractivity contribution is 0.573. The molecule has 0 aromatic carbocycles. The Morgan fingerprint density at radius 3 is 2.68 bits per heavy atom. The number of hydrogen-bond donors (Lipinski definition) is 1. The zero-order valence-electron chi connectivity index (χ0n) is 12.1. The van der Waals surface area contributed by atoms with E-state index >= 15 is 0 Å². The molecule has 0 saturated carbocycles. The Balaban J connectivity index is 2.16. The summed E-state index contributed by atoms with van der Waals surface area (Å²) in [7, 11) is 2.05. The fourth-order valence-corrected chi connectivity index (χ4v) is 2.54. The molecule has 2 rings (SSSR count).